The lowest BCUT2D eigenvalue weighted by Crippen LogP contribution is -1.82. The minimum Gasteiger partial charge on any atom is -0.249 e. The van der Waals surface area contributed by atoms with Crippen LogP contribution < -0.4 is 0 Å². The molecule has 96 valence electrons. The third-order valence-electron chi connectivity index (χ3n) is 3.10. The van der Waals surface area contributed by atoms with E-state index in [9.17, 15) is 0 Å². The molecule has 0 saturated carbocycles. The number of rotatable bonds is 2. The fourth-order valence-electron chi connectivity index (χ4n) is 2.15. The molecule has 2 heterocycles. The van der Waals surface area contributed by atoms with Gasteiger partial charge < -0.3 is 0 Å². The Balaban J connectivity index is 1.80. The van der Waals surface area contributed by atoms with Crippen LogP contribution in [0, 0.1) is 0 Å². The maximum atomic E-state index is 4.66. The summed E-state index contributed by atoms with van der Waals surface area (Å²) in [6.45, 7) is 0. The second-order valence-corrected chi connectivity index (χ2v) is 6.65. The van der Waals surface area contributed by atoms with Crippen LogP contribution in [0.25, 0.3) is 21.0 Å². The lowest BCUT2D eigenvalue weighted by atomic mass is 10.2. The van der Waals surface area contributed by atoms with E-state index in [1.54, 1.807) is 23.1 Å². The number of para-hydroxylation sites is 1. The van der Waals surface area contributed by atoms with E-state index in [-0.39, 0.29) is 0 Å². The standard InChI is InChI=1S/C16H10N2S2/c1-2-6-12-11(5-1)9-10-17-15(12)20-16-18-13-7-3-4-8-14(13)19-16/h1-10H. The third-order valence-corrected chi connectivity index (χ3v) is 5.21. The van der Waals surface area contributed by atoms with Gasteiger partial charge in [0, 0.05) is 11.6 Å². The van der Waals surface area contributed by atoms with Gasteiger partial charge in [0.05, 0.1) is 10.2 Å². The molecule has 0 N–H and O–H groups in total. The van der Waals surface area contributed by atoms with E-state index in [4.69, 9.17) is 0 Å². The van der Waals surface area contributed by atoms with Crippen LogP contribution in [0.1, 0.15) is 0 Å². The smallest absolute Gasteiger partial charge is 0.157 e. The van der Waals surface area contributed by atoms with Crippen LogP contribution in [-0.4, -0.2) is 9.97 Å². The van der Waals surface area contributed by atoms with Gasteiger partial charge in [-0.25, -0.2) is 9.97 Å². The Morgan fingerprint density at radius 3 is 2.70 bits per heavy atom. The van der Waals surface area contributed by atoms with Crippen molar-refractivity contribution >= 4 is 44.1 Å². The molecule has 0 aliphatic rings. The molecule has 0 aliphatic carbocycles. The van der Waals surface area contributed by atoms with Gasteiger partial charge in [0.1, 0.15) is 5.03 Å². The van der Waals surface area contributed by atoms with E-state index in [1.807, 2.05) is 36.5 Å². The van der Waals surface area contributed by atoms with Crippen molar-refractivity contribution in [2.45, 2.75) is 9.37 Å². The van der Waals surface area contributed by atoms with Crippen LogP contribution >= 0.6 is 23.1 Å². The molecule has 0 radical (unpaired) electrons. The maximum absolute atomic E-state index is 4.66. The Morgan fingerprint density at radius 1 is 0.900 bits per heavy atom. The van der Waals surface area contributed by atoms with Gasteiger partial charge in [-0.3, -0.25) is 0 Å². The second kappa shape index (κ2) is 4.89. The first-order valence-corrected chi connectivity index (χ1v) is 7.91. The minimum atomic E-state index is 1.02. The van der Waals surface area contributed by atoms with Crippen molar-refractivity contribution in [3.63, 3.8) is 0 Å². The van der Waals surface area contributed by atoms with Crippen molar-refractivity contribution in [2.75, 3.05) is 0 Å². The Bertz CT molecular complexity index is 861. The van der Waals surface area contributed by atoms with E-state index < -0.39 is 0 Å². The number of nitrogens with zero attached hydrogens (tertiary/aromatic N) is 2. The van der Waals surface area contributed by atoms with Crippen LogP contribution in [0.4, 0.5) is 0 Å². The number of pyridine rings is 1. The molecule has 0 fully saturated rings. The lowest BCUT2D eigenvalue weighted by Gasteiger charge is -2.02. The first-order valence-electron chi connectivity index (χ1n) is 6.27. The van der Waals surface area contributed by atoms with Crippen LogP contribution in [-0.2, 0) is 0 Å². The molecular formula is C16H10N2S2. The molecule has 0 amide bonds. The lowest BCUT2D eigenvalue weighted by molar-refractivity contribution is 1.17. The Kier molecular flexibility index (Phi) is 2.90. The van der Waals surface area contributed by atoms with Crippen LogP contribution in [0.15, 0.2) is 70.2 Å². The summed E-state index contributed by atoms with van der Waals surface area (Å²) in [6, 6.07) is 18.6. The summed E-state index contributed by atoms with van der Waals surface area (Å²) >= 11 is 3.35. The maximum Gasteiger partial charge on any atom is 0.157 e. The summed E-state index contributed by atoms with van der Waals surface area (Å²) in [5.74, 6) is 0. The Morgan fingerprint density at radius 2 is 1.75 bits per heavy atom. The molecule has 0 saturated heterocycles. The van der Waals surface area contributed by atoms with Gasteiger partial charge in [-0.15, -0.1) is 11.3 Å². The molecule has 0 unspecified atom stereocenters. The number of aromatic nitrogens is 2. The van der Waals surface area contributed by atoms with Crippen LogP contribution in [0.5, 0.6) is 0 Å². The average Bonchev–Trinajstić information content (AvgIpc) is 2.90. The number of hydrogen-bond acceptors (Lipinski definition) is 4. The van der Waals surface area contributed by atoms with E-state index in [1.165, 1.54) is 15.5 Å². The fourth-order valence-corrected chi connectivity index (χ4v) is 4.24. The number of thiazole rings is 1. The third kappa shape index (κ3) is 2.07. The predicted molar refractivity (Wildman–Crippen MR) is 85.5 cm³/mol. The zero-order valence-electron chi connectivity index (χ0n) is 10.5. The zero-order chi connectivity index (χ0) is 13.4. The van der Waals surface area contributed by atoms with Crippen molar-refractivity contribution in [3.05, 3.63) is 60.8 Å². The van der Waals surface area contributed by atoms with E-state index >= 15 is 0 Å². The first kappa shape index (κ1) is 11.9. The summed E-state index contributed by atoms with van der Waals surface area (Å²) in [5, 5.41) is 3.41. The van der Waals surface area contributed by atoms with Gasteiger partial charge in [-0.1, -0.05) is 36.4 Å². The van der Waals surface area contributed by atoms with E-state index in [2.05, 4.69) is 34.2 Å². The Hall–Kier alpha value is -1.91. The summed E-state index contributed by atoms with van der Waals surface area (Å²) in [4.78, 5) is 9.16. The molecule has 4 rings (SSSR count). The Labute approximate surface area is 124 Å². The van der Waals surface area contributed by atoms with Gasteiger partial charge in [0.25, 0.3) is 0 Å². The van der Waals surface area contributed by atoms with Gasteiger partial charge in [0.15, 0.2) is 4.34 Å². The summed E-state index contributed by atoms with van der Waals surface area (Å²) in [5.41, 5.74) is 1.06. The van der Waals surface area contributed by atoms with E-state index in [0.717, 1.165) is 14.9 Å². The number of fused-ring (bicyclic) bond motifs is 2. The summed E-state index contributed by atoms with van der Waals surface area (Å²) in [6.07, 6.45) is 1.86. The fraction of sp³-hybridized carbons (Fsp3) is 0. The molecule has 2 nitrogen and oxygen atoms in total. The molecule has 4 heteroatoms. The highest BCUT2D eigenvalue weighted by atomic mass is 32.2. The summed E-state index contributed by atoms with van der Waals surface area (Å²) in [7, 11) is 0. The van der Waals surface area contributed by atoms with Gasteiger partial charge in [0.2, 0.25) is 0 Å². The highest BCUT2D eigenvalue weighted by Gasteiger charge is 2.08. The molecule has 0 spiro atoms. The predicted octanol–water partition coefficient (Wildman–Crippen LogP) is 5.00. The van der Waals surface area contributed by atoms with Crippen LogP contribution in [0.2, 0.25) is 0 Å². The first-order chi connectivity index (χ1) is 9.90. The average molecular weight is 294 g/mol. The van der Waals surface area contributed by atoms with Gasteiger partial charge in [-0.2, -0.15) is 0 Å². The number of benzene rings is 2. The molecule has 20 heavy (non-hydrogen) atoms. The largest absolute Gasteiger partial charge is 0.249 e. The highest BCUT2D eigenvalue weighted by Crippen LogP contribution is 2.36. The monoisotopic (exact) mass is 294 g/mol. The van der Waals surface area contributed by atoms with Crippen molar-refractivity contribution in [2.24, 2.45) is 0 Å². The van der Waals surface area contributed by atoms with Crippen molar-refractivity contribution in [3.8, 4) is 0 Å². The topological polar surface area (TPSA) is 25.8 Å². The van der Waals surface area contributed by atoms with Crippen molar-refractivity contribution in [1.82, 2.24) is 9.97 Å². The zero-order valence-corrected chi connectivity index (χ0v) is 12.1. The second-order valence-electron chi connectivity index (χ2n) is 4.39. The quantitative estimate of drug-likeness (QED) is 0.520. The molecular weight excluding hydrogens is 284 g/mol. The van der Waals surface area contributed by atoms with Gasteiger partial charge >= 0.3 is 0 Å². The minimum absolute atomic E-state index is 1.02. The molecule has 0 atom stereocenters. The molecule has 2 aromatic heterocycles. The van der Waals surface area contributed by atoms with Crippen molar-refractivity contribution < 1.29 is 0 Å². The van der Waals surface area contributed by atoms with E-state index in [0.29, 0.717) is 0 Å². The molecule has 0 bridgehead atoms. The van der Waals surface area contributed by atoms with Gasteiger partial charge in [-0.05, 0) is 35.3 Å². The molecule has 2 aromatic carbocycles. The number of hydrogen-bond donors (Lipinski definition) is 0. The normalized spacial score (nSPS) is 11.2. The molecule has 0 aliphatic heterocycles. The van der Waals surface area contributed by atoms with Crippen molar-refractivity contribution in [1.29, 1.82) is 0 Å². The molecule has 4 aromatic rings. The SMILES string of the molecule is c1ccc2c(Sc3nc4ccccc4s3)nccc2c1. The van der Waals surface area contributed by atoms with Crippen LogP contribution in [0.3, 0.4) is 0 Å². The highest BCUT2D eigenvalue weighted by molar-refractivity contribution is 8.01. The summed E-state index contributed by atoms with van der Waals surface area (Å²) < 4.78 is 2.25.